The molecule has 1 saturated heterocycles. The fourth-order valence-corrected chi connectivity index (χ4v) is 2.61. The molecule has 0 radical (unpaired) electrons. The van der Waals surface area contributed by atoms with E-state index in [1.807, 2.05) is 6.92 Å². The molecule has 2 amide bonds. The van der Waals surface area contributed by atoms with E-state index in [0.717, 1.165) is 25.7 Å². The van der Waals surface area contributed by atoms with E-state index in [1.165, 1.54) is 19.3 Å². The monoisotopic (exact) mass is 268 g/mol. The van der Waals surface area contributed by atoms with E-state index in [0.29, 0.717) is 0 Å². The highest BCUT2D eigenvalue weighted by Crippen LogP contribution is 2.15. The maximum absolute atomic E-state index is 12.3. The highest BCUT2D eigenvalue weighted by Gasteiger charge is 2.34. The van der Waals surface area contributed by atoms with Gasteiger partial charge in [-0.3, -0.25) is 9.59 Å². The summed E-state index contributed by atoms with van der Waals surface area (Å²) < 4.78 is 0. The molecule has 2 unspecified atom stereocenters. The molecule has 110 valence electrons. The first kappa shape index (κ1) is 16.0. The van der Waals surface area contributed by atoms with E-state index in [2.05, 4.69) is 19.2 Å². The minimum absolute atomic E-state index is 0.0153. The Labute approximate surface area is 116 Å². The molecule has 0 aromatic heterocycles. The summed E-state index contributed by atoms with van der Waals surface area (Å²) >= 11 is 0. The standard InChI is InChI=1S/C15H28N2O2/c1-4-6-7-8-10-12(3)17-11-14(18)16-13(9-5-2)15(17)19/h12-13H,4-11H2,1-3H3,(H,16,18). The van der Waals surface area contributed by atoms with E-state index in [1.54, 1.807) is 4.90 Å². The summed E-state index contributed by atoms with van der Waals surface area (Å²) in [6.45, 7) is 6.52. The van der Waals surface area contributed by atoms with Gasteiger partial charge in [0.1, 0.15) is 6.04 Å². The van der Waals surface area contributed by atoms with Gasteiger partial charge < -0.3 is 10.2 Å². The Balaban J connectivity index is 2.49. The van der Waals surface area contributed by atoms with Crippen molar-refractivity contribution >= 4 is 11.8 Å². The molecule has 0 aromatic carbocycles. The zero-order valence-electron chi connectivity index (χ0n) is 12.6. The highest BCUT2D eigenvalue weighted by atomic mass is 16.2. The van der Waals surface area contributed by atoms with Gasteiger partial charge in [0, 0.05) is 6.04 Å². The third-order valence-corrected chi connectivity index (χ3v) is 3.82. The van der Waals surface area contributed by atoms with Crippen LogP contribution in [0, 0.1) is 0 Å². The number of nitrogens with one attached hydrogen (secondary N) is 1. The fourth-order valence-electron chi connectivity index (χ4n) is 2.61. The molecule has 0 spiro atoms. The van der Waals surface area contributed by atoms with Crippen LogP contribution >= 0.6 is 0 Å². The van der Waals surface area contributed by atoms with Crippen molar-refractivity contribution in [3.63, 3.8) is 0 Å². The maximum Gasteiger partial charge on any atom is 0.245 e. The van der Waals surface area contributed by atoms with Gasteiger partial charge in [-0.1, -0.05) is 46.0 Å². The zero-order valence-corrected chi connectivity index (χ0v) is 12.6. The Kier molecular flexibility index (Phi) is 6.89. The molecular formula is C15H28N2O2. The topological polar surface area (TPSA) is 49.4 Å². The molecule has 0 aromatic rings. The van der Waals surface area contributed by atoms with Crippen LogP contribution in [0.1, 0.15) is 65.7 Å². The number of piperazine rings is 1. The van der Waals surface area contributed by atoms with Gasteiger partial charge in [-0.2, -0.15) is 0 Å². The number of hydrogen-bond acceptors (Lipinski definition) is 2. The third-order valence-electron chi connectivity index (χ3n) is 3.82. The molecule has 1 heterocycles. The van der Waals surface area contributed by atoms with Crippen LogP contribution in [0.3, 0.4) is 0 Å². The van der Waals surface area contributed by atoms with Gasteiger partial charge in [0.15, 0.2) is 0 Å². The molecule has 0 saturated carbocycles. The van der Waals surface area contributed by atoms with Gasteiger partial charge in [0.25, 0.3) is 0 Å². The van der Waals surface area contributed by atoms with E-state index in [4.69, 9.17) is 0 Å². The average Bonchev–Trinajstić information content (AvgIpc) is 2.38. The minimum atomic E-state index is -0.302. The van der Waals surface area contributed by atoms with Crippen molar-refractivity contribution in [1.29, 1.82) is 0 Å². The van der Waals surface area contributed by atoms with Crippen LogP contribution in [-0.2, 0) is 9.59 Å². The van der Waals surface area contributed by atoms with Gasteiger partial charge in [0.2, 0.25) is 11.8 Å². The van der Waals surface area contributed by atoms with Gasteiger partial charge in [0.05, 0.1) is 6.54 Å². The third kappa shape index (κ3) is 4.84. The Morgan fingerprint density at radius 2 is 1.95 bits per heavy atom. The second-order valence-corrected chi connectivity index (χ2v) is 5.57. The number of carbonyl (C=O) groups excluding carboxylic acids is 2. The van der Waals surface area contributed by atoms with Gasteiger partial charge in [-0.05, 0) is 19.8 Å². The summed E-state index contributed by atoms with van der Waals surface area (Å²) in [6.07, 6.45) is 7.47. The zero-order chi connectivity index (χ0) is 14.3. The van der Waals surface area contributed by atoms with Gasteiger partial charge in [-0.15, -0.1) is 0 Å². The quantitative estimate of drug-likeness (QED) is 0.688. The van der Waals surface area contributed by atoms with Crippen LogP contribution in [0.2, 0.25) is 0 Å². The molecule has 1 fully saturated rings. The van der Waals surface area contributed by atoms with Crippen LogP contribution < -0.4 is 5.32 Å². The van der Waals surface area contributed by atoms with Crippen molar-refractivity contribution < 1.29 is 9.59 Å². The maximum atomic E-state index is 12.3. The van der Waals surface area contributed by atoms with Crippen molar-refractivity contribution in [2.24, 2.45) is 0 Å². The smallest absolute Gasteiger partial charge is 0.245 e. The summed E-state index contributed by atoms with van der Waals surface area (Å²) in [6, 6.07) is -0.126. The highest BCUT2D eigenvalue weighted by molar-refractivity contribution is 5.94. The lowest BCUT2D eigenvalue weighted by Crippen LogP contribution is -2.60. The molecule has 4 heteroatoms. The predicted molar refractivity (Wildman–Crippen MR) is 76.8 cm³/mol. The van der Waals surface area contributed by atoms with Crippen LogP contribution in [0.15, 0.2) is 0 Å². The Morgan fingerprint density at radius 1 is 1.21 bits per heavy atom. The summed E-state index contributed by atoms with van der Waals surface area (Å²) in [5.74, 6) is 0.0860. The minimum Gasteiger partial charge on any atom is -0.343 e. The first-order valence-corrected chi connectivity index (χ1v) is 7.70. The summed E-state index contributed by atoms with van der Waals surface area (Å²) in [5, 5.41) is 2.80. The SMILES string of the molecule is CCCCCCC(C)N1CC(=O)NC(CCC)C1=O. The van der Waals surface area contributed by atoms with E-state index in [9.17, 15) is 9.59 Å². The summed E-state index contributed by atoms with van der Waals surface area (Å²) in [5.41, 5.74) is 0. The molecule has 2 atom stereocenters. The van der Waals surface area contributed by atoms with Crippen LogP contribution in [0.25, 0.3) is 0 Å². The molecular weight excluding hydrogens is 240 g/mol. The van der Waals surface area contributed by atoms with Crippen molar-refractivity contribution in [2.75, 3.05) is 6.54 Å². The lowest BCUT2D eigenvalue weighted by atomic mass is 10.0. The van der Waals surface area contributed by atoms with Crippen molar-refractivity contribution in [3.8, 4) is 0 Å². The number of amides is 2. The molecule has 19 heavy (non-hydrogen) atoms. The first-order valence-electron chi connectivity index (χ1n) is 7.70. The largest absolute Gasteiger partial charge is 0.343 e. The van der Waals surface area contributed by atoms with Gasteiger partial charge in [-0.25, -0.2) is 0 Å². The normalized spacial score (nSPS) is 21.4. The summed E-state index contributed by atoms with van der Waals surface area (Å²) in [4.78, 5) is 25.8. The van der Waals surface area contributed by atoms with Crippen molar-refractivity contribution in [2.45, 2.75) is 77.8 Å². The number of hydrogen-bond donors (Lipinski definition) is 1. The number of carbonyl (C=O) groups is 2. The van der Waals surface area contributed by atoms with Gasteiger partial charge >= 0.3 is 0 Å². The van der Waals surface area contributed by atoms with Crippen molar-refractivity contribution in [1.82, 2.24) is 10.2 Å². The molecule has 0 aliphatic carbocycles. The summed E-state index contributed by atoms with van der Waals surface area (Å²) in [7, 11) is 0. The predicted octanol–water partition coefficient (Wildman–Crippen LogP) is 2.47. The Bertz CT molecular complexity index is 305. The van der Waals surface area contributed by atoms with E-state index < -0.39 is 0 Å². The van der Waals surface area contributed by atoms with E-state index >= 15 is 0 Å². The lowest BCUT2D eigenvalue weighted by molar-refractivity contribution is -0.146. The first-order chi connectivity index (χ1) is 9.10. The second kappa shape index (κ2) is 8.18. The average molecular weight is 268 g/mol. The van der Waals surface area contributed by atoms with E-state index in [-0.39, 0.29) is 30.4 Å². The fraction of sp³-hybridized carbons (Fsp3) is 0.867. The van der Waals surface area contributed by atoms with Crippen LogP contribution in [0.4, 0.5) is 0 Å². The molecule has 1 N–H and O–H groups in total. The molecule has 1 rings (SSSR count). The number of rotatable bonds is 8. The molecule has 1 aliphatic rings. The molecule has 0 bridgehead atoms. The van der Waals surface area contributed by atoms with Crippen molar-refractivity contribution in [3.05, 3.63) is 0 Å². The van der Waals surface area contributed by atoms with Crippen LogP contribution in [0.5, 0.6) is 0 Å². The number of nitrogens with zero attached hydrogens (tertiary/aromatic N) is 1. The molecule has 1 aliphatic heterocycles. The Hall–Kier alpha value is -1.06. The molecule has 4 nitrogen and oxygen atoms in total. The second-order valence-electron chi connectivity index (χ2n) is 5.57. The van der Waals surface area contributed by atoms with Crippen LogP contribution in [-0.4, -0.2) is 35.3 Å². The lowest BCUT2D eigenvalue weighted by Gasteiger charge is -2.36. The Morgan fingerprint density at radius 3 is 2.58 bits per heavy atom. The number of unbranched alkanes of at least 4 members (excludes halogenated alkanes) is 3.